The zero-order valence-corrected chi connectivity index (χ0v) is 20.8. The third-order valence-electron chi connectivity index (χ3n) is 6.64. The number of hydrogen-bond acceptors (Lipinski definition) is 7. The molecule has 1 N–H and O–H groups in total. The average molecular weight is 478 g/mol. The van der Waals surface area contributed by atoms with E-state index in [4.69, 9.17) is 18.9 Å². The van der Waals surface area contributed by atoms with E-state index in [9.17, 15) is 9.59 Å². The summed E-state index contributed by atoms with van der Waals surface area (Å²) < 4.78 is 21.5. The second-order valence-corrected chi connectivity index (χ2v) is 8.63. The van der Waals surface area contributed by atoms with Gasteiger partial charge in [-0.3, -0.25) is 4.79 Å². The summed E-state index contributed by atoms with van der Waals surface area (Å²) in [5.74, 6) is 1.04. The third kappa shape index (κ3) is 4.63. The molecule has 0 radical (unpaired) electrons. The van der Waals surface area contributed by atoms with Gasteiger partial charge in [0.05, 0.1) is 33.5 Å². The highest BCUT2D eigenvalue weighted by Gasteiger charge is 2.41. The minimum Gasteiger partial charge on any atom is -0.494 e. The molecule has 1 aliphatic carbocycles. The molecule has 0 aromatic heterocycles. The molecular weight excluding hydrogens is 446 g/mol. The van der Waals surface area contributed by atoms with Gasteiger partial charge in [0, 0.05) is 29.3 Å². The van der Waals surface area contributed by atoms with E-state index in [1.165, 1.54) is 7.11 Å². The molecule has 184 valence electrons. The summed E-state index contributed by atoms with van der Waals surface area (Å²) in [6, 6.07) is 13.3. The molecule has 1 heterocycles. The van der Waals surface area contributed by atoms with Gasteiger partial charge in [-0.15, -0.1) is 0 Å². The molecule has 35 heavy (non-hydrogen) atoms. The Labute approximate surface area is 205 Å². The number of Topliss-reactive ketones (excluding diaryl/α,β-unsaturated/α-hetero) is 1. The van der Waals surface area contributed by atoms with E-state index < -0.39 is 11.9 Å². The zero-order valence-electron chi connectivity index (χ0n) is 20.8. The van der Waals surface area contributed by atoms with Crippen LogP contribution in [0.2, 0.25) is 0 Å². The zero-order chi connectivity index (χ0) is 25.1. The van der Waals surface area contributed by atoms with E-state index in [1.54, 1.807) is 14.2 Å². The molecule has 4 rings (SSSR count). The fourth-order valence-corrected chi connectivity index (χ4v) is 5.02. The summed E-state index contributed by atoms with van der Waals surface area (Å²) in [7, 11) is 4.55. The minimum absolute atomic E-state index is 0.00585. The number of methoxy groups -OCH3 is 3. The van der Waals surface area contributed by atoms with Gasteiger partial charge in [0.1, 0.15) is 5.75 Å². The van der Waals surface area contributed by atoms with E-state index in [0.29, 0.717) is 47.8 Å². The highest BCUT2D eigenvalue weighted by Crippen LogP contribution is 2.46. The first-order valence-corrected chi connectivity index (χ1v) is 11.7. The van der Waals surface area contributed by atoms with Crippen molar-refractivity contribution < 1.29 is 28.5 Å². The second-order valence-electron chi connectivity index (χ2n) is 8.63. The number of ketones is 1. The maximum Gasteiger partial charge on any atom is 0.336 e. The predicted octanol–water partition coefficient (Wildman–Crippen LogP) is 4.64. The first-order chi connectivity index (χ1) is 16.9. The van der Waals surface area contributed by atoms with Crippen LogP contribution in [-0.4, -0.2) is 39.7 Å². The van der Waals surface area contributed by atoms with Crippen LogP contribution < -0.4 is 19.5 Å². The van der Waals surface area contributed by atoms with Crippen molar-refractivity contribution in [2.24, 2.45) is 0 Å². The first-order valence-electron chi connectivity index (χ1n) is 11.7. The van der Waals surface area contributed by atoms with Crippen molar-refractivity contribution >= 4 is 11.8 Å². The number of allylic oxidation sites excluding steroid dienone is 3. The number of benzene rings is 2. The van der Waals surface area contributed by atoms with Crippen LogP contribution in [-0.2, 0) is 14.3 Å². The number of dihydropyridines is 1. The lowest BCUT2D eigenvalue weighted by molar-refractivity contribution is -0.136. The van der Waals surface area contributed by atoms with Crippen LogP contribution in [0.1, 0.15) is 49.7 Å². The predicted molar refractivity (Wildman–Crippen MR) is 132 cm³/mol. The summed E-state index contributed by atoms with van der Waals surface area (Å²) in [6.45, 7) is 4.33. The lowest BCUT2D eigenvalue weighted by Crippen LogP contribution is -2.36. The fourth-order valence-electron chi connectivity index (χ4n) is 5.02. The average Bonchev–Trinajstić information content (AvgIpc) is 2.87. The van der Waals surface area contributed by atoms with Crippen molar-refractivity contribution in [1.29, 1.82) is 0 Å². The van der Waals surface area contributed by atoms with Gasteiger partial charge in [-0.25, -0.2) is 4.79 Å². The van der Waals surface area contributed by atoms with Gasteiger partial charge in [-0.1, -0.05) is 18.2 Å². The van der Waals surface area contributed by atoms with Crippen molar-refractivity contribution in [3.05, 3.63) is 76.1 Å². The van der Waals surface area contributed by atoms with E-state index in [-0.39, 0.29) is 11.7 Å². The van der Waals surface area contributed by atoms with Gasteiger partial charge in [0.2, 0.25) is 0 Å². The highest BCUT2D eigenvalue weighted by molar-refractivity contribution is 6.04. The monoisotopic (exact) mass is 477 g/mol. The number of carbonyl (C=O) groups is 2. The Kier molecular flexibility index (Phi) is 7.15. The molecular formula is C28H31NO6. The standard InChI is InChI=1S/C28H31NO6/c1-6-35-20-10-7-17(8-11-20)26-25(28(31)34-5)16(2)29-21-13-19(14-22(30)27(21)26)18-9-12-23(32-3)24(15-18)33-4/h7-12,15,19,26,29H,6,13-14H2,1-5H3/t19-,26+/m1/s1. The molecule has 1 aliphatic heterocycles. The molecule has 0 bridgehead atoms. The van der Waals surface area contributed by atoms with Crippen LogP contribution in [0.3, 0.4) is 0 Å². The van der Waals surface area contributed by atoms with Gasteiger partial charge in [-0.2, -0.15) is 0 Å². The number of carbonyl (C=O) groups excluding carboxylic acids is 2. The summed E-state index contributed by atoms with van der Waals surface area (Å²) in [4.78, 5) is 26.5. The lowest BCUT2D eigenvalue weighted by atomic mass is 9.71. The summed E-state index contributed by atoms with van der Waals surface area (Å²) in [5.41, 5.74) is 4.45. The fraction of sp³-hybridized carbons (Fsp3) is 0.357. The van der Waals surface area contributed by atoms with E-state index in [2.05, 4.69) is 5.32 Å². The minimum atomic E-state index is -0.506. The number of hydrogen-bond donors (Lipinski definition) is 1. The smallest absolute Gasteiger partial charge is 0.336 e. The van der Waals surface area contributed by atoms with Gasteiger partial charge in [0.25, 0.3) is 0 Å². The van der Waals surface area contributed by atoms with Crippen LogP contribution in [0.15, 0.2) is 65.0 Å². The Bertz CT molecular complexity index is 1190. The molecule has 0 amide bonds. The van der Waals surface area contributed by atoms with Crippen LogP contribution in [0.5, 0.6) is 17.2 Å². The lowest BCUT2D eigenvalue weighted by Gasteiger charge is -2.36. The van der Waals surface area contributed by atoms with E-state index in [0.717, 1.165) is 22.6 Å². The van der Waals surface area contributed by atoms with Crippen LogP contribution in [0.25, 0.3) is 0 Å². The Hall–Kier alpha value is -3.74. The number of ether oxygens (including phenoxy) is 4. The Morgan fingerprint density at radius 3 is 2.29 bits per heavy atom. The Balaban J connectivity index is 1.75. The quantitative estimate of drug-likeness (QED) is 0.582. The molecule has 2 aliphatic rings. The maximum atomic E-state index is 13.7. The maximum absolute atomic E-state index is 13.7. The second kappa shape index (κ2) is 10.3. The van der Waals surface area contributed by atoms with Gasteiger partial charge >= 0.3 is 5.97 Å². The molecule has 0 spiro atoms. The molecule has 0 saturated carbocycles. The third-order valence-corrected chi connectivity index (χ3v) is 6.64. The van der Waals surface area contributed by atoms with Gasteiger partial charge in [-0.05, 0) is 61.6 Å². The van der Waals surface area contributed by atoms with Crippen molar-refractivity contribution in [3.8, 4) is 17.2 Å². The van der Waals surface area contributed by atoms with E-state index in [1.807, 2.05) is 56.3 Å². The van der Waals surface area contributed by atoms with Crippen molar-refractivity contribution in [3.63, 3.8) is 0 Å². The van der Waals surface area contributed by atoms with Crippen LogP contribution in [0.4, 0.5) is 0 Å². The summed E-state index contributed by atoms with van der Waals surface area (Å²) >= 11 is 0. The molecule has 2 atom stereocenters. The summed E-state index contributed by atoms with van der Waals surface area (Å²) in [5, 5.41) is 3.35. The number of nitrogens with one attached hydrogen (secondary N) is 1. The SMILES string of the molecule is CCOc1ccc([C@H]2C(C(=O)OC)=C(C)NC3=C2C(=O)C[C@H](c2ccc(OC)c(OC)c2)C3)cc1. The van der Waals surface area contributed by atoms with E-state index >= 15 is 0 Å². The van der Waals surface area contributed by atoms with Crippen LogP contribution >= 0.6 is 0 Å². The topological polar surface area (TPSA) is 83.1 Å². The molecule has 0 unspecified atom stereocenters. The first kappa shape index (κ1) is 24.4. The molecule has 0 saturated heterocycles. The molecule has 0 fully saturated rings. The highest BCUT2D eigenvalue weighted by atomic mass is 16.5. The van der Waals surface area contributed by atoms with Crippen LogP contribution in [0, 0.1) is 0 Å². The number of esters is 1. The van der Waals surface area contributed by atoms with Gasteiger partial charge < -0.3 is 24.3 Å². The van der Waals surface area contributed by atoms with Crippen molar-refractivity contribution in [1.82, 2.24) is 5.32 Å². The Morgan fingerprint density at radius 2 is 1.66 bits per heavy atom. The summed E-state index contributed by atoms with van der Waals surface area (Å²) in [6.07, 6.45) is 0.965. The largest absolute Gasteiger partial charge is 0.494 e. The number of rotatable bonds is 7. The normalized spacial score (nSPS) is 19.6. The van der Waals surface area contributed by atoms with Crippen molar-refractivity contribution in [2.75, 3.05) is 27.9 Å². The molecule has 2 aromatic rings. The van der Waals surface area contributed by atoms with Crippen molar-refractivity contribution in [2.45, 2.75) is 38.5 Å². The van der Waals surface area contributed by atoms with Gasteiger partial charge in [0.15, 0.2) is 17.3 Å². The molecule has 2 aromatic carbocycles. The molecule has 7 nitrogen and oxygen atoms in total. The Morgan fingerprint density at radius 1 is 0.971 bits per heavy atom. The molecule has 7 heteroatoms.